The predicted octanol–water partition coefficient (Wildman–Crippen LogP) is 6.66. The molecule has 3 aromatic rings. The van der Waals surface area contributed by atoms with Gasteiger partial charge in [0.1, 0.15) is 6.04 Å². The minimum absolute atomic E-state index is 0.0602. The Bertz CT molecular complexity index is 1330. The molecule has 5 rings (SSSR count). The molecule has 9 heteroatoms. The highest BCUT2D eigenvalue weighted by atomic mass is 35.5. The summed E-state index contributed by atoms with van der Waals surface area (Å²) in [5, 5.41) is 6.43. The molecule has 4 amide bonds. The summed E-state index contributed by atoms with van der Waals surface area (Å²) >= 11 is 5.97. The molecule has 1 saturated heterocycles. The number of carbonyl (C=O) groups excluding carboxylic acids is 3. The number of hydrogen-bond acceptors (Lipinski definition) is 4. The molecule has 0 aliphatic carbocycles. The number of anilines is 3. The van der Waals surface area contributed by atoms with Crippen molar-refractivity contribution >= 4 is 46.5 Å². The molecule has 2 heterocycles. The molecule has 0 spiro atoms. The molecular formula is C33H42ClN5O3. The van der Waals surface area contributed by atoms with Crippen LogP contribution >= 0.6 is 11.6 Å². The summed E-state index contributed by atoms with van der Waals surface area (Å²) in [6.45, 7) is 10.2. The molecule has 1 fully saturated rings. The standard InChI is InChI=1S/C29H30ClN5O3.2C2H6/c1-33-15-4-16-34(27(36)19-33)25-13-11-23(12-14-25)31-28(37)26-17-20-5-2-3-6-21(20)18-35(26)29(38)32-24-9-7-22(30)8-10-24;2*1-2/h2-3,5-14,26H,4,15-19H2,1H3,(H,31,37)(H,32,38);2*1-2H3. The summed E-state index contributed by atoms with van der Waals surface area (Å²) < 4.78 is 0. The lowest BCUT2D eigenvalue weighted by Crippen LogP contribution is -2.52. The summed E-state index contributed by atoms with van der Waals surface area (Å²) in [7, 11) is 1.95. The first-order chi connectivity index (χ1) is 20.4. The molecule has 224 valence electrons. The molecule has 0 aromatic heterocycles. The molecule has 3 aromatic carbocycles. The summed E-state index contributed by atoms with van der Waals surface area (Å²) in [4.78, 5) is 44.8. The highest BCUT2D eigenvalue weighted by Gasteiger charge is 2.35. The fourth-order valence-electron chi connectivity index (χ4n) is 4.94. The Morgan fingerprint density at radius 3 is 2.05 bits per heavy atom. The second kappa shape index (κ2) is 15.9. The second-order valence-electron chi connectivity index (χ2n) is 9.73. The Kier molecular flexibility index (Phi) is 12.4. The Labute approximate surface area is 254 Å². The van der Waals surface area contributed by atoms with E-state index in [2.05, 4.69) is 10.6 Å². The lowest BCUT2D eigenvalue weighted by atomic mass is 9.93. The van der Waals surface area contributed by atoms with E-state index in [0.717, 1.165) is 29.8 Å². The minimum atomic E-state index is -0.695. The van der Waals surface area contributed by atoms with Crippen molar-refractivity contribution in [3.05, 3.63) is 88.9 Å². The summed E-state index contributed by atoms with van der Waals surface area (Å²) in [5.74, 6) is -0.212. The number of carbonyl (C=O) groups is 3. The third-order valence-electron chi connectivity index (χ3n) is 6.98. The van der Waals surface area contributed by atoms with Crippen molar-refractivity contribution in [1.29, 1.82) is 0 Å². The van der Waals surface area contributed by atoms with Gasteiger partial charge in [0.25, 0.3) is 0 Å². The average Bonchev–Trinajstić information content (AvgIpc) is 3.19. The van der Waals surface area contributed by atoms with E-state index in [1.165, 1.54) is 0 Å². The first-order valence-electron chi connectivity index (χ1n) is 14.7. The zero-order chi connectivity index (χ0) is 30.6. The number of nitrogens with one attached hydrogen (secondary N) is 2. The first-order valence-corrected chi connectivity index (χ1v) is 15.0. The average molecular weight is 592 g/mol. The van der Waals surface area contributed by atoms with Crippen LogP contribution in [0.1, 0.15) is 45.2 Å². The first kappa shape index (κ1) is 32.6. The van der Waals surface area contributed by atoms with Crippen LogP contribution in [0, 0.1) is 0 Å². The van der Waals surface area contributed by atoms with Gasteiger partial charge in [0, 0.05) is 48.1 Å². The van der Waals surface area contributed by atoms with Crippen LogP contribution in [-0.4, -0.2) is 60.4 Å². The number of fused-ring (bicyclic) bond motifs is 1. The lowest BCUT2D eigenvalue weighted by molar-refractivity contribution is -0.121. The maximum atomic E-state index is 13.5. The molecule has 2 N–H and O–H groups in total. The summed E-state index contributed by atoms with van der Waals surface area (Å²) in [5.41, 5.74) is 4.07. The highest BCUT2D eigenvalue weighted by Crippen LogP contribution is 2.26. The molecule has 1 unspecified atom stereocenters. The summed E-state index contributed by atoms with van der Waals surface area (Å²) in [6.07, 6.45) is 1.31. The van der Waals surface area contributed by atoms with Gasteiger partial charge in [-0.05, 0) is 73.1 Å². The van der Waals surface area contributed by atoms with Crippen LogP contribution in [0.3, 0.4) is 0 Å². The lowest BCUT2D eigenvalue weighted by Gasteiger charge is -2.36. The number of urea groups is 1. The van der Waals surface area contributed by atoms with E-state index in [0.29, 0.717) is 42.5 Å². The van der Waals surface area contributed by atoms with E-state index < -0.39 is 6.04 Å². The Morgan fingerprint density at radius 2 is 1.38 bits per heavy atom. The third kappa shape index (κ3) is 8.33. The fourth-order valence-corrected chi connectivity index (χ4v) is 5.07. The smallest absolute Gasteiger partial charge is 0.322 e. The van der Waals surface area contributed by atoms with Crippen LogP contribution in [0.25, 0.3) is 0 Å². The van der Waals surface area contributed by atoms with Gasteiger partial charge in [-0.3, -0.25) is 14.5 Å². The molecule has 2 aliphatic rings. The zero-order valence-corrected chi connectivity index (χ0v) is 25.9. The van der Waals surface area contributed by atoms with Gasteiger partial charge >= 0.3 is 6.03 Å². The Balaban J connectivity index is 0.00000116. The van der Waals surface area contributed by atoms with Gasteiger partial charge in [-0.25, -0.2) is 4.79 Å². The third-order valence-corrected chi connectivity index (χ3v) is 7.23. The van der Waals surface area contributed by atoms with Crippen molar-refractivity contribution in [2.24, 2.45) is 0 Å². The quantitative estimate of drug-likeness (QED) is 0.355. The molecule has 0 saturated carbocycles. The van der Waals surface area contributed by atoms with Gasteiger partial charge < -0.3 is 20.4 Å². The van der Waals surface area contributed by atoms with Crippen molar-refractivity contribution in [2.45, 2.75) is 53.1 Å². The van der Waals surface area contributed by atoms with Crippen LogP contribution < -0.4 is 15.5 Å². The fraction of sp³-hybridized carbons (Fsp3) is 0.364. The van der Waals surface area contributed by atoms with Gasteiger partial charge in [0.2, 0.25) is 11.8 Å². The normalized spacial score (nSPS) is 16.5. The SMILES string of the molecule is CC.CC.CN1CCCN(c2ccc(NC(=O)C3Cc4ccccc4CN3C(=O)Nc3ccc(Cl)cc3)cc2)C(=O)C1. The van der Waals surface area contributed by atoms with E-state index in [4.69, 9.17) is 11.6 Å². The molecule has 42 heavy (non-hydrogen) atoms. The number of likely N-dealkylation sites (N-methyl/N-ethyl adjacent to an activating group) is 1. The highest BCUT2D eigenvalue weighted by molar-refractivity contribution is 6.30. The van der Waals surface area contributed by atoms with Gasteiger partial charge in [0.15, 0.2) is 0 Å². The van der Waals surface area contributed by atoms with Crippen molar-refractivity contribution in [3.8, 4) is 0 Å². The maximum absolute atomic E-state index is 13.5. The van der Waals surface area contributed by atoms with E-state index in [1.54, 1.807) is 46.2 Å². The van der Waals surface area contributed by atoms with Gasteiger partial charge in [-0.2, -0.15) is 0 Å². The molecular weight excluding hydrogens is 550 g/mol. The van der Waals surface area contributed by atoms with E-state index in [-0.39, 0.29) is 17.8 Å². The number of amides is 4. The number of hydrogen-bond donors (Lipinski definition) is 2. The second-order valence-corrected chi connectivity index (χ2v) is 10.2. The predicted molar refractivity (Wildman–Crippen MR) is 172 cm³/mol. The van der Waals surface area contributed by atoms with E-state index in [1.807, 2.05) is 76.0 Å². The number of halogens is 1. The van der Waals surface area contributed by atoms with Gasteiger partial charge in [0.05, 0.1) is 6.54 Å². The van der Waals surface area contributed by atoms with Crippen LogP contribution in [-0.2, 0) is 22.6 Å². The van der Waals surface area contributed by atoms with Crippen molar-refractivity contribution < 1.29 is 14.4 Å². The van der Waals surface area contributed by atoms with Gasteiger partial charge in [-0.1, -0.05) is 63.6 Å². The summed E-state index contributed by atoms with van der Waals surface area (Å²) in [6, 6.07) is 20.9. The number of nitrogens with zero attached hydrogens (tertiary/aromatic N) is 3. The van der Waals surface area contributed by atoms with Crippen LogP contribution in [0.2, 0.25) is 5.02 Å². The maximum Gasteiger partial charge on any atom is 0.322 e. The van der Waals surface area contributed by atoms with Crippen molar-refractivity contribution in [2.75, 3.05) is 42.2 Å². The molecule has 0 bridgehead atoms. The molecule has 1 atom stereocenters. The van der Waals surface area contributed by atoms with Gasteiger partial charge in [-0.15, -0.1) is 0 Å². The van der Waals surface area contributed by atoms with Crippen LogP contribution in [0.4, 0.5) is 21.9 Å². The molecule has 8 nitrogen and oxygen atoms in total. The van der Waals surface area contributed by atoms with Crippen molar-refractivity contribution in [1.82, 2.24) is 9.80 Å². The van der Waals surface area contributed by atoms with E-state index in [9.17, 15) is 14.4 Å². The Morgan fingerprint density at radius 1 is 0.786 bits per heavy atom. The number of rotatable bonds is 4. The van der Waals surface area contributed by atoms with Crippen LogP contribution in [0.15, 0.2) is 72.8 Å². The largest absolute Gasteiger partial charge is 0.324 e. The van der Waals surface area contributed by atoms with Crippen LogP contribution in [0.5, 0.6) is 0 Å². The molecule has 0 radical (unpaired) electrons. The number of benzene rings is 3. The topological polar surface area (TPSA) is 85.0 Å². The van der Waals surface area contributed by atoms with Crippen molar-refractivity contribution in [3.63, 3.8) is 0 Å². The zero-order valence-electron chi connectivity index (χ0n) is 25.2. The van der Waals surface area contributed by atoms with E-state index >= 15 is 0 Å². The Hall–Kier alpha value is -3.88. The molecule has 2 aliphatic heterocycles. The minimum Gasteiger partial charge on any atom is -0.324 e. The monoisotopic (exact) mass is 591 g/mol.